The lowest BCUT2D eigenvalue weighted by Gasteiger charge is -2.05. The summed E-state index contributed by atoms with van der Waals surface area (Å²) < 4.78 is 5.20. The van der Waals surface area contributed by atoms with Gasteiger partial charge in [-0.25, -0.2) is 0 Å². The standard InChI is InChI=1S/C31H62O2/c1-3-5-7-8-9-10-11-12-13-14-15-16-17-18-19-20-21-22-23-24-25-26-27-28-29-31(32)33-30-6-4-2/h3-30H2,1-2H3. The van der Waals surface area contributed by atoms with Crippen LogP contribution >= 0.6 is 0 Å². The first-order valence-electron chi connectivity index (χ1n) is 15.5. The van der Waals surface area contributed by atoms with Crippen LogP contribution in [0.5, 0.6) is 0 Å². The number of ether oxygens (including phenoxy) is 1. The quantitative estimate of drug-likeness (QED) is 0.0846. The zero-order chi connectivity index (χ0) is 24.1. The van der Waals surface area contributed by atoms with Crippen molar-refractivity contribution in [1.29, 1.82) is 0 Å². The molecule has 198 valence electrons. The number of hydrogen-bond donors (Lipinski definition) is 0. The largest absolute Gasteiger partial charge is 0.466 e. The highest BCUT2D eigenvalue weighted by Crippen LogP contribution is 2.15. The Bertz CT molecular complexity index is 366. The maximum atomic E-state index is 11.5. The lowest BCUT2D eigenvalue weighted by atomic mass is 10.0. The molecule has 0 heterocycles. The minimum atomic E-state index is 0.00209. The fraction of sp³-hybridized carbons (Fsp3) is 0.968. The van der Waals surface area contributed by atoms with Gasteiger partial charge in [0.2, 0.25) is 0 Å². The van der Waals surface area contributed by atoms with Crippen LogP contribution in [-0.4, -0.2) is 12.6 Å². The van der Waals surface area contributed by atoms with Gasteiger partial charge < -0.3 is 4.74 Å². The second kappa shape index (κ2) is 29.5. The van der Waals surface area contributed by atoms with Crippen LogP contribution in [-0.2, 0) is 9.53 Å². The van der Waals surface area contributed by atoms with Gasteiger partial charge in [-0.15, -0.1) is 0 Å². The van der Waals surface area contributed by atoms with Crippen molar-refractivity contribution in [3.8, 4) is 0 Å². The summed E-state index contributed by atoms with van der Waals surface area (Å²) in [6.07, 6.45) is 36.4. The molecule has 0 saturated heterocycles. The van der Waals surface area contributed by atoms with E-state index < -0.39 is 0 Å². The third-order valence-corrected chi connectivity index (χ3v) is 7.00. The van der Waals surface area contributed by atoms with Crippen LogP contribution in [0.15, 0.2) is 0 Å². The van der Waals surface area contributed by atoms with Crippen molar-refractivity contribution in [2.24, 2.45) is 0 Å². The van der Waals surface area contributed by atoms with Crippen molar-refractivity contribution in [1.82, 2.24) is 0 Å². The molecule has 0 N–H and O–H groups in total. The minimum Gasteiger partial charge on any atom is -0.466 e. The predicted molar refractivity (Wildman–Crippen MR) is 147 cm³/mol. The van der Waals surface area contributed by atoms with E-state index in [-0.39, 0.29) is 5.97 Å². The first-order chi connectivity index (χ1) is 16.3. The average molecular weight is 467 g/mol. The zero-order valence-corrected chi connectivity index (χ0v) is 23.1. The van der Waals surface area contributed by atoms with E-state index >= 15 is 0 Å². The number of unbranched alkanes of at least 4 members (excludes halogenated alkanes) is 24. The van der Waals surface area contributed by atoms with Crippen LogP contribution in [0, 0.1) is 0 Å². The number of rotatable bonds is 28. The molecule has 0 aromatic carbocycles. The van der Waals surface area contributed by atoms with Crippen molar-refractivity contribution in [3.63, 3.8) is 0 Å². The van der Waals surface area contributed by atoms with Crippen LogP contribution < -0.4 is 0 Å². The summed E-state index contributed by atoms with van der Waals surface area (Å²) in [4.78, 5) is 11.5. The molecule has 0 rings (SSSR count). The Labute approximate surface area is 209 Å². The van der Waals surface area contributed by atoms with Crippen molar-refractivity contribution < 1.29 is 9.53 Å². The van der Waals surface area contributed by atoms with E-state index in [4.69, 9.17) is 4.74 Å². The SMILES string of the molecule is CCCCCCCCCCCCCCCCCCCCCCCCCCC(=O)OCCCC. The molecule has 0 aliphatic heterocycles. The Morgan fingerprint density at radius 3 is 0.970 bits per heavy atom. The second-order valence-electron chi connectivity index (χ2n) is 10.5. The van der Waals surface area contributed by atoms with Crippen LogP contribution in [0.2, 0.25) is 0 Å². The molecule has 0 amide bonds. The topological polar surface area (TPSA) is 26.3 Å². The van der Waals surface area contributed by atoms with Gasteiger partial charge in [0.1, 0.15) is 0 Å². The van der Waals surface area contributed by atoms with Crippen LogP contribution in [0.1, 0.15) is 187 Å². The molecule has 0 aliphatic carbocycles. The van der Waals surface area contributed by atoms with Crippen molar-refractivity contribution >= 4 is 5.97 Å². The minimum absolute atomic E-state index is 0.00209. The lowest BCUT2D eigenvalue weighted by molar-refractivity contribution is -0.143. The first kappa shape index (κ1) is 32.5. The molecule has 2 nitrogen and oxygen atoms in total. The van der Waals surface area contributed by atoms with E-state index in [1.165, 1.54) is 148 Å². The van der Waals surface area contributed by atoms with Crippen molar-refractivity contribution in [2.45, 2.75) is 187 Å². The Morgan fingerprint density at radius 2 is 0.667 bits per heavy atom. The van der Waals surface area contributed by atoms with Crippen molar-refractivity contribution in [3.05, 3.63) is 0 Å². The van der Waals surface area contributed by atoms with E-state index in [2.05, 4.69) is 13.8 Å². The summed E-state index contributed by atoms with van der Waals surface area (Å²) in [6.45, 7) is 5.02. The fourth-order valence-corrected chi connectivity index (χ4v) is 4.63. The molecular weight excluding hydrogens is 404 g/mol. The summed E-state index contributed by atoms with van der Waals surface area (Å²) >= 11 is 0. The summed E-state index contributed by atoms with van der Waals surface area (Å²) in [5.41, 5.74) is 0. The van der Waals surface area contributed by atoms with Gasteiger partial charge in [0.15, 0.2) is 0 Å². The smallest absolute Gasteiger partial charge is 0.305 e. The molecule has 33 heavy (non-hydrogen) atoms. The van der Waals surface area contributed by atoms with E-state index in [1.54, 1.807) is 0 Å². The van der Waals surface area contributed by atoms with Crippen molar-refractivity contribution in [2.75, 3.05) is 6.61 Å². The Balaban J connectivity index is 3.06. The molecular formula is C31H62O2. The highest BCUT2D eigenvalue weighted by molar-refractivity contribution is 5.69. The van der Waals surface area contributed by atoms with E-state index in [1.807, 2.05) is 0 Å². The molecule has 0 fully saturated rings. The normalized spacial score (nSPS) is 11.2. The highest BCUT2D eigenvalue weighted by Gasteiger charge is 2.02. The highest BCUT2D eigenvalue weighted by atomic mass is 16.5. The second-order valence-corrected chi connectivity index (χ2v) is 10.5. The third kappa shape index (κ3) is 29.4. The summed E-state index contributed by atoms with van der Waals surface area (Å²) in [7, 11) is 0. The molecule has 0 aliphatic rings. The zero-order valence-electron chi connectivity index (χ0n) is 23.1. The summed E-state index contributed by atoms with van der Waals surface area (Å²) in [5.74, 6) is 0.00209. The van der Waals surface area contributed by atoms with Gasteiger partial charge in [0.05, 0.1) is 6.61 Å². The van der Waals surface area contributed by atoms with Gasteiger partial charge >= 0.3 is 5.97 Å². The molecule has 0 radical (unpaired) electrons. The molecule has 0 aromatic heterocycles. The first-order valence-corrected chi connectivity index (χ1v) is 15.5. The maximum absolute atomic E-state index is 11.5. The Hall–Kier alpha value is -0.530. The van der Waals surface area contributed by atoms with Gasteiger partial charge in [-0.2, -0.15) is 0 Å². The van der Waals surface area contributed by atoms with Crippen LogP contribution in [0.4, 0.5) is 0 Å². The summed E-state index contributed by atoms with van der Waals surface area (Å²) in [5, 5.41) is 0. The number of carbonyl (C=O) groups excluding carboxylic acids is 1. The molecule has 0 bridgehead atoms. The summed E-state index contributed by atoms with van der Waals surface area (Å²) in [6, 6.07) is 0. The number of carbonyl (C=O) groups is 1. The van der Waals surface area contributed by atoms with E-state index in [0.29, 0.717) is 13.0 Å². The Kier molecular flexibility index (Phi) is 29.0. The molecule has 0 unspecified atom stereocenters. The maximum Gasteiger partial charge on any atom is 0.305 e. The van der Waals surface area contributed by atoms with E-state index in [9.17, 15) is 4.79 Å². The van der Waals surface area contributed by atoms with E-state index in [0.717, 1.165) is 19.3 Å². The average Bonchev–Trinajstić information content (AvgIpc) is 2.82. The fourth-order valence-electron chi connectivity index (χ4n) is 4.63. The third-order valence-electron chi connectivity index (χ3n) is 7.00. The number of hydrogen-bond acceptors (Lipinski definition) is 2. The van der Waals surface area contributed by atoms with Crippen LogP contribution in [0.25, 0.3) is 0 Å². The Morgan fingerprint density at radius 1 is 0.394 bits per heavy atom. The van der Waals surface area contributed by atoms with Gasteiger partial charge in [-0.05, 0) is 12.8 Å². The van der Waals surface area contributed by atoms with Gasteiger partial charge in [-0.3, -0.25) is 4.79 Å². The van der Waals surface area contributed by atoms with Crippen LogP contribution in [0.3, 0.4) is 0 Å². The lowest BCUT2D eigenvalue weighted by Crippen LogP contribution is -2.05. The molecule has 0 spiro atoms. The van der Waals surface area contributed by atoms with Gasteiger partial charge in [0.25, 0.3) is 0 Å². The molecule has 0 saturated carbocycles. The number of esters is 1. The van der Waals surface area contributed by atoms with Gasteiger partial charge in [0, 0.05) is 6.42 Å². The molecule has 0 atom stereocenters. The monoisotopic (exact) mass is 466 g/mol. The van der Waals surface area contributed by atoms with Gasteiger partial charge in [-0.1, -0.05) is 168 Å². The molecule has 2 heteroatoms. The predicted octanol–water partition coefficient (Wildman–Crippen LogP) is 11.1. The molecule has 0 aromatic rings.